The lowest BCUT2D eigenvalue weighted by atomic mass is 10.1. The van der Waals surface area contributed by atoms with Crippen molar-refractivity contribution < 1.29 is 13.2 Å². The second-order valence-corrected chi connectivity index (χ2v) is 4.87. The summed E-state index contributed by atoms with van der Waals surface area (Å²) < 4.78 is 37.9. The largest absolute Gasteiger partial charge is 0.389 e. The average molecular weight is 277 g/mol. The lowest BCUT2D eigenvalue weighted by molar-refractivity contribution is -0.135. The van der Waals surface area contributed by atoms with E-state index in [9.17, 15) is 13.2 Å². The molecule has 3 nitrogen and oxygen atoms in total. The van der Waals surface area contributed by atoms with Crippen molar-refractivity contribution in [2.75, 3.05) is 6.54 Å². The lowest BCUT2D eigenvalue weighted by Gasteiger charge is -2.14. The SMILES string of the molecule is CC(CCCC(F)(F)F)NCCCCn1ccnc1. The molecule has 0 amide bonds. The highest BCUT2D eigenvalue weighted by atomic mass is 19.4. The number of aromatic nitrogens is 2. The quantitative estimate of drug-likeness (QED) is 0.701. The van der Waals surface area contributed by atoms with E-state index in [0.717, 1.165) is 25.9 Å². The fourth-order valence-electron chi connectivity index (χ4n) is 1.90. The van der Waals surface area contributed by atoms with Gasteiger partial charge in [0.25, 0.3) is 0 Å². The Bertz CT molecular complexity index is 322. The van der Waals surface area contributed by atoms with Gasteiger partial charge in [0, 0.05) is 31.4 Å². The van der Waals surface area contributed by atoms with Crippen LogP contribution in [0.25, 0.3) is 0 Å². The van der Waals surface area contributed by atoms with Crippen LogP contribution in [0.1, 0.15) is 39.0 Å². The molecule has 1 aromatic rings. The second-order valence-electron chi connectivity index (χ2n) is 4.87. The van der Waals surface area contributed by atoms with Gasteiger partial charge in [-0.05, 0) is 39.2 Å². The summed E-state index contributed by atoms with van der Waals surface area (Å²) in [6, 6.07) is 0.149. The van der Waals surface area contributed by atoms with Crippen molar-refractivity contribution in [2.45, 2.75) is 57.8 Å². The summed E-state index contributed by atoms with van der Waals surface area (Å²) in [6.45, 7) is 3.72. The molecule has 1 unspecified atom stereocenters. The highest BCUT2D eigenvalue weighted by Crippen LogP contribution is 2.22. The topological polar surface area (TPSA) is 29.9 Å². The molecule has 0 spiro atoms. The molecule has 110 valence electrons. The first-order chi connectivity index (χ1) is 8.97. The van der Waals surface area contributed by atoms with Crippen molar-refractivity contribution in [3.8, 4) is 0 Å². The molecule has 1 aromatic heterocycles. The molecule has 0 saturated carbocycles. The number of hydrogen-bond acceptors (Lipinski definition) is 2. The summed E-state index contributed by atoms with van der Waals surface area (Å²) in [5.41, 5.74) is 0. The Labute approximate surface area is 112 Å². The number of nitrogens with zero attached hydrogens (tertiary/aromatic N) is 2. The van der Waals surface area contributed by atoms with E-state index in [2.05, 4.69) is 10.3 Å². The molecule has 19 heavy (non-hydrogen) atoms. The molecular weight excluding hydrogens is 255 g/mol. The lowest BCUT2D eigenvalue weighted by Crippen LogP contribution is -2.27. The van der Waals surface area contributed by atoms with Crippen molar-refractivity contribution in [1.82, 2.24) is 14.9 Å². The third-order valence-corrected chi connectivity index (χ3v) is 2.99. The molecule has 0 bridgehead atoms. The van der Waals surface area contributed by atoms with Crippen LogP contribution in [0.2, 0.25) is 0 Å². The van der Waals surface area contributed by atoms with Gasteiger partial charge in [-0.3, -0.25) is 0 Å². The smallest absolute Gasteiger partial charge is 0.337 e. The van der Waals surface area contributed by atoms with Gasteiger partial charge in [-0.2, -0.15) is 13.2 Å². The van der Waals surface area contributed by atoms with Crippen LogP contribution in [0.3, 0.4) is 0 Å². The van der Waals surface area contributed by atoms with Gasteiger partial charge in [0.1, 0.15) is 0 Å². The average Bonchev–Trinajstić information content (AvgIpc) is 2.79. The first kappa shape index (κ1) is 16.0. The van der Waals surface area contributed by atoms with E-state index in [4.69, 9.17) is 0 Å². The molecule has 0 aromatic carbocycles. The zero-order chi connectivity index (χ0) is 14.1. The van der Waals surface area contributed by atoms with Gasteiger partial charge < -0.3 is 9.88 Å². The molecular formula is C13H22F3N3. The minimum absolute atomic E-state index is 0.149. The Hall–Kier alpha value is -1.04. The summed E-state index contributed by atoms with van der Waals surface area (Å²) in [5.74, 6) is 0. The fraction of sp³-hybridized carbons (Fsp3) is 0.769. The van der Waals surface area contributed by atoms with Crippen LogP contribution in [-0.2, 0) is 6.54 Å². The summed E-state index contributed by atoms with van der Waals surface area (Å²) in [6.07, 6.45) is 3.58. The van der Waals surface area contributed by atoms with Crippen molar-refractivity contribution >= 4 is 0 Å². The van der Waals surface area contributed by atoms with E-state index in [1.54, 1.807) is 12.5 Å². The summed E-state index contributed by atoms with van der Waals surface area (Å²) >= 11 is 0. The molecule has 1 atom stereocenters. The van der Waals surface area contributed by atoms with Crippen LogP contribution in [0.15, 0.2) is 18.7 Å². The molecule has 1 N–H and O–H groups in total. The fourth-order valence-corrected chi connectivity index (χ4v) is 1.90. The maximum absolute atomic E-state index is 12.0. The molecule has 0 saturated heterocycles. The number of hydrogen-bond donors (Lipinski definition) is 1. The maximum atomic E-state index is 12.0. The van der Waals surface area contributed by atoms with Gasteiger partial charge in [0.05, 0.1) is 6.33 Å². The van der Waals surface area contributed by atoms with Crippen LogP contribution < -0.4 is 5.32 Å². The standard InChI is InChI=1S/C13H22F3N3/c1-12(5-4-6-13(14,15)16)18-7-2-3-9-19-10-8-17-11-19/h8,10-12,18H,2-7,9H2,1H3. The predicted molar refractivity (Wildman–Crippen MR) is 68.8 cm³/mol. The molecule has 1 heterocycles. The minimum Gasteiger partial charge on any atom is -0.337 e. The van der Waals surface area contributed by atoms with Gasteiger partial charge in [0.15, 0.2) is 0 Å². The van der Waals surface area contributed by atoms with Crippen molar-refractivity contribution in [1.29, 1.82) is 0 Å². The number of alkyl halides is 3. The molecule has 0 radical (unpaired) electrons. The van der Waals surface area contributed by atoms with Gasteiger partial charge in [-0.1, -0.05) is 0 Å². The molecule has 0 aliphatic rings. The van der Waals surface area contributed by atoms with Crippen LogP contribution in [0.4, 0.5) is 13.2 Å². The zero-order valence-corrected chi connectivity index (χ0v) is 11.3. The Morgan fingerprint density at radius 1 is 1.26 bits per heavy atom. The van der Waals surface area contributed by atoms with E-state index < -0.39 is 12.6 Å². The maximum Gasteiger partial charge on any atom is 0.389 e. The molecule has 0 aliphatic heterocycles. The highest BCUT2D eigenvalue weighted by Gasteiger charge is 2.26. The second kappa shape index (κ2) is 8.19. The first-order valence-electron chi connectivity index (χ1n) is 6.73. The van der Waals surface area contributed by atoms with Crippen LogP contribution in [-0.4, -0.2) is 28.3 Å². The van der Waals surface area contributed by atoms with Gasteiger partial charge >= 0.3 is 6.18 Å². The third-order valence-electron chi connectivity index (χ3n) is 2.99. The van der Waals surface area contributed by atoms with Crippen LogP contribution in [0.5, 0.6) is 0 Å². The number of imidazole rings is 1. The van der Waals surface area contributed by atoms with Gasteiger partial charge in [-0.15, -0.1) is 0 Å². The Kier molecular flexibility index (Phi) is 6.91. The Morgan fingerprint density at radius 3 is 2.68 bits per heavy atom. The number of unbranched alkanes of at least 4 members (excludes halogenated alkanes) is 1. The van der Waals surface area contributed by atoms with Crippen molar-refractivity contribution in [3.63, 3.8) is 0 Å². The molecule has 6 heteroatoms. The Morgan fingerprint density at radius 2 is 2.05 bits per heavy atom. The third kappa shape index (κ3) is 8.64. The first-order valence-corrected chi connectivity index (χ1v) is 6.73. The van der Waals surface area contributed by atoms with Crippen LogP contribution >= 0.6 is 0 Å². The summed E-state index contributed by atoms with van der Waals surface area (Å²) in [4.78, 5) is 3.96. The van der Waals surface area contributed by atoms with E-state index >= 15 is 0 Å². The number of rotatable bonds is 9. The van der Waals surface area contributed by atoms with Crippen LogP contribution in [0, 0.1) is 0 Å². The normalized spacial score (nSPS) is 13.7. The monoisotopic (exact) mass is 277 g/mol. The summed E-state index contributed by atoms with van der Waals surface area (Å²) in [7, 11) is 0. The molecule has 0 fully saturated rings. The van der Waals surface area contributed by atoms with Gasteiger partial charge in [-0.25, -0.2) is 4.98 Å². The number of halogens is 3. The van der Waals surface area contributed by atoms with Gasteiger partial charge in [0.2, 0.25) is 0 Å². The van der Waals surface area contributed by atoms with E-state index in [1.165, 1.54) is 0 Å². The zero-order valence-electron chi connectivity index (χ0n) is 11.3. The number of nitrogens with one attached hydrogen (secondary N) is 1. The Balaban J connectivity index is 1.94. The number of aryl methyl sites for hydroxylation is 1. The van der Waals surface area contributed by atoms with E-state index in [0.29, 0.717) is 6.42 Å². The van der Waals surface area contributed by atoms with Crippen molar-refractivity contribution in [3.05, 3.63) is 18.7 Å². The van der Waals surface area contributed by atoms with E-state index in [1.807, 2.05) is 17.7 Å². The minimum atomic E-state index is -4.02. The predicted octanol–water partition coefficient (Wildman–Crippen LogP) is 3.37. The molecule has 0 aliphatic carbocycles. The van der Waals surface area contributed by atoms with Crippen molar-refractivity contribution in [2.24, 2.45) is 0 Å². The molecule has 1 rings (SSSR count). The van der Waals surface area contributed by atoms with E-state index in [-0.39, 0.29) is 12.5 Å². The summed E-state index contributed by atoms with van der Waals surface area (Å²) in [5, 5.41) is 3.26. The highest BCUT2D eigenvalue weighted by molar-refractivity contribution is 4.73.